The third kappa shape index (κ3) is 1.58. The molecule has 2 aromatic heterocycles. The summed E-state index contributed by atoms with van der Waals surface area (Å²) in [5.41, 5.74) is 7.72. The van der Waals surface area contributed by atoms with Crippen LogP contribution in [-0.4, -0.2) is 15.2 Å². The molecule has 0 saturated carbocycles. The molecule has 4 heteroatoms. The van der Waals surface area contributed by atoms with Gasteiger partial charge >= 0.3 is 0 Å². The molecule has 0 aliphatic carbocycles. The van der Waals surface area contributed by atoms with Gasteiger partial charge in [-0.25, -0.2) is 4.98 Å². The molecule has 2 aromatic rings. The molecule has 78 valence electrons. The largest absolute Gasteiger partial charge is 0.382 e. The fourth-order valence-electron chi connectivity index (χ4n) is 1.74. The molecule has 2 rings (SSSR count). The monoisotopic (exact) mass is 202 g/mol. The normalized spacial score (nSPS) is 12.9. The molecule has 0 saturated heterocycles. The molecular formula is C11H14N4. The highest BCUT2D eigenvalue weighted by Gasteiger charge is 2.11. The predicted molar refractivity (Wildman–Crippen MR) is 61.5 cm³/mol. The van der Waals surface area contributed by atoms with Crippen LogP contribution in [0.1, 0.15) is 24.8 Å². The van der Waals surface area contributed by atoms with Crippen LogP contribution in [-0.2, 0) is 0 Å². The molecule has 0 radical (unpaired) electrons. The number of hydrogen-bond acceptors (Lipinski definition) is 3. The summed E-state index contributed by atoms with van der Waals surface area (Å²) in [4.78, 5) is 4.16. The molecule has 15 heavy (non-hydrogen) atoms. The van der Waals surface area contributed by atoms with Crippen molar-refractivity contribution in [2.45, 2.75) is 19.3 Å². The van der Waals surface area contributed by atoms with E-state index >= 15 is 0 Å². The van der Waals surface area contributed by atoms with Gasteiger partial charge in [-0.05, 0) is 17.9 Å². The van der Waals surface area contributed by atoms with Crippen LogP contribution >= 0.6 is 0 Å². The van der Waals surface area contributed by atoms with Gasteiger partial charge in [-0.1, -0.05) is 13.0 Å². The number of fused-ring (bicyclic) bond motifs is 1. The standard InChI is InChI=1S/C11H14N4/c1-3-4-7(2)8-5-13-11(12)10-9(8)6-14-15-10/h3,5-7H,1,4H2,2H3,(H2,12,13)(H,14,15). The quantitative estimate of drug-likeness (QED) is 0.750. The number of anilines is 1. The number of rotatable bonds is 3. The second-order valence-electron chi connectivity index (χ2n) is 3.68. The summed E-state index contributed by atoms with van der Waals surface area (Å²) in [6.45, 7) is 5.88. The minimum Gasteiger partial charge on any atom is -0.382 e. The minimum atomic E-state index is 0.385. The number of allylic oxidation sites excluding steroid dienone is 1. The Morgan fingerprint density at radius 3 is 3.13 bits per heavy atom. The molecule has 0 aliphatic heterocycles. The molecule has 0 fully saturated rings. The van der Waals surface area contributed by atoms with Crippen LogP contribution < -0.4 is 5.73 Å². The van der Waals surface area contributed by atoms with Gasteiger partial charge in [0.2, 0.25) is 0 Å². The smallest absolute Gasteiger partial charge is 0.149 e. The maximum Gasteiger partial charge on any atom is 0.149 e. The third-order valence-electron chi connectivity index (χ3n) is 2.60. The van der Waals surface area contributed by atoms with Crippen LogP contribution in [0.2, 0.25) is 0 Å². The number of pyridine rings is 1. The Labute approximate surface area is 88.2 Å². The van der Waals surface area contributed by atoms with Crippen LogP contribution in [0.4, 0.5) is 5.82 Å². The number of H-pyrrole nitrogens is 1. The van der Waals surface area contributed by atoms with E-state index in [1.807, 2.05) is 12.3 Å². The maximum absolute atomic E-state index is 5.74. The SMILES string of the molecule is C=CCC(C)c1cnc(N)c2[nH]ncc12. The Morgan fingerprint density at radius 2 is 2.40 bits per heavy atom. The molecule has 1 atom stereocenters. The topological polar surface area (TPSA) is 67.6 Å². The van der Waals surface area contributed by atoms with Crippen molar-refractivity contribution < 1.29 is 0 Å². The van der Waals surface area contributed by atoms with Crippen molar-refractivity contribution in [1.29, 1.82) is 0 Å². The van der Waals surface area contributed by atoms with Crippen molar-refractivity contribution in [2.75, 3.05) is 5.73 Å². The van der Waals surface area contributed by atoms with Crippen LogP contribution in [0.25, 0.3) is 10.9 Å². The molecule has 0 aliphatic rings. The van der Waals surface area contributed by atoms with E-state index in [1.54, 1.807) is 6.20 Å². The second-order valence-corrected chi connectivity index (χ2v) is 3.68. The number of nitrogens with zero attached hydrogens (tertiary/aromatic N) is 2. The third-order valence-corrected chi connectivity index (χ3v) is 2.60. The van der Waals surface area contributed by atoms with Crippen molar-refractivity contribution >= 4 is 16.7 Å². The summed E-state index contributed by atoms with van der Waals surface area (Å²) >= 11 is 0. The Hall–Kier alpha value is -1.84. The summed E-state index contributed by atoms with van der Waals surface area (Å²) in [6.07, 6.45) is 6.45. The molecule has 0 amide bonds. The lowest BCUT2D eigenvalue weighted by atomic mass is 9.97. The van der Waals surface area contributed by atoms with Crippen molar-refractivity contribution in [3.05, 3.63) is 30.6 Å². The summed E-state index contributed by atoms with van der Waals surface area (Å²) in [6, 6.07) is 0. The highest BCUT2D eigenvalue weighted by molar-refractivity contribution is 5.89. The summed E-state index contributed by atoms with van der Waals surface area (Å²) < 4.78 is 0. The number of hydrogen-bond donors (Lipinski definition) is 2. The number of nitrogens with one attached hydrogen (secondary N) is 1. The Bertz CT molecular complexity index is 486. The van der Waals surface area contributed by atoms with Gasteiger partial charge in [0.25, 0.3) is 0 Å². The van der Waals surface area contributed by atoms with Gasteiger partial charge < -0.3 is 5.73 Å². The van der Waals surface area contributed by atoms with E-state index in [4.69, 9.17) is 5.73 Å². The van der Waals surface area contributed by atoms with Gasteiger partial charge in [0.15, 0.2) is 0 Å². The van der Waals surface area contributed by atoms with Gasteiger partial charge in [0.05, 0.1) is 6.20 Å². The van der Waals surface area contributed by atoms with Crippen molar-refractivity contribution in [3.63, 3.8) is 0 Å². The van der Waals surface area contributed by atoms with Gasteiger partial charge in [-0.3, -0.25) is 5.10 Å². The van der Waals surface area contributed by atoms with Crippen molar-refractivity contribution in [3.8, 4) is 0 Å². The lowest BCUT2D eigenvalue weighted by Gasteiger charge is -2.10. The average molecular weight is 202 g/mol. The van der Waals surface area contributed by atoms with Crippen LogP contribution in [0.3, 0.4) is 0 Å². The van der Waals surface area contributed by atoms with E-state index in [2.05, 4.69) is 28.7 Å². The second kappa shape index (κ2) is 3.73. The molecule has 4 nitrogen and oxygen atoms in total. The van der Waals surface area contributed by atoms with Crippen LogP contribution in [0, 0.1) is 0 Å². The van der Waals surface area contributed by atoms with E-state index in [9.17, 15) is 0 Å². The molecule has 2 heterocycles. The Balaban J connectivity index is 2.56. The average Bonchev–Trinajstić information content (AvgIpc) is 2.68. The first-order chi connectivity index (χ1) is 7.24. The number of aromatic amines is 1. The molecule has 0 spiro atoms. The predicted octanol–water partition coefficient (Wildman–Crippen LogP) is 2.22. The first-order valence-corrected chi connectivity index (χ1v) is 4.92. The van der Waals surface area contributed by atoms with Crippen molar-refractivity contribution in [2.24, 2.45) is 0 Å². The fraction of sp³-hybridized carbons (Fsp3) is 0.273. The van der Waals surface area contributed by atoms with E-state index in [1.165, 1.54) is 0 Å². The van der Waals surface area contributed by atoms with Crippen molar-refractivity contribution in [1.82, 2.24) is 15.2 Å². The first kappa shape index (κ1) is 9.71. The molecule has 1 unspecified atom stereocenters. The number of nitrogens with two attached hydrogens (primary N) is 1. The van der Waals surface area contributed by atoms with Gasteiger partial charge in [0.1, 0.15) is 11.3 Å². The molecule has 0 aromatic carbocycles. The van der Waals surface area contributed by atoms with Gasteiger partial charge in [-0.15, -0.1) is 6.58 Å². The Morgan fingerprint density at radius 1 is 1.60 bits per heavy atom. The summed E-state index contributed by atoms with van der Waals surface area (Å²) in [5.74, 6) is 0.882. The van der Waals surface area contributed by atoms with E-state index in [0.29, 0.717) is 11.7 Å². The number of nitrogen functional groups attached to an aromatic ring is 1. The summed E-state index contributed by atoms with van der Waals surface area (Å²) in [7, 11) is 0. The zero-order valence-corrected chi connectivity index (χ0v) is 8.70. The van der Waals surface area contributed by atoms with Gasteiger partial charge in [-0.2, -0.15) is 5.10 Å². The zero-order chi connectivity index (χ0) is 10.8. The van der Waals surface area contributed by atoms with E-state index < -0.39 is 0 Å². The minimum absolute atomic E-state index is 0.385. The molecule has 0 bridgehead atoms. The summed E-state index contributed by atoms with van der Waals surface area (Å²) in [5, 5.41) is 7.91. The first-order valence-electron chi connectivity index (χ1n) is 4.92. The van der Waals surface area contributed by atoms with E-state index in [-0.39, 0.29) is 0 Å². The fourth-order valence-corrected chi connectivity index (χ4v) is 1.74. The lowest BCUT2D eigenvalue weighted by Crippen LogP contribution is -1.98. The van der Waals surface area contributed by atoms with Crippen LogP contribution in [0.5, 0.6) is 0 Å². The van der Waals surface area contributed by atoms with E-state index in [0.717, 1.165) is 22.9 Å². The highest BCUT2D eigenvalue weighted by atomic mass is 15.1. The molecular weight excluding hydrogens is 188 g/mol. The maximum atomic E-state index is 5.74. The van der Waals surface area contributed by atoms with Gasteiger partial charge in [0, 0.05) is 11.6 Å². The Kier molecular flexibility index (Phi) is 2.41. The highest BCUT2D eigenvalue weighted by Crippen LogP contribution is 2.28. The number of aromatic nitrogens is 3. The lowest BCUT2D eigenvalue weighted by molar-refractivity contribution is 0.785. The van der Waals surface area contributed by atoms with Crippen LogP contribution in [0.15, 0.2) is 25.0 Å². The molecule has 3 N–H and O–H groups in total. The zero-order valence-electron chi connectivity index (χ0n) is 8.70.